The zero-order chi connectivity index (χ0) is 14.1. The molecule has 106 valence electrons. The van der Waals surface area contributed by atoms with Gasteiger partial charge in [0.25, 0.3) is 0 Å². The highest BCUT2D eigenvalue weighted by Crippen LogP contribution is 2.09. The topological polar surface area (TPSA) is 75.4 Å². The highest BCUT2D eigenvalue weighted by atomic mass is 16.3. The number of carbonyl (C=O) groups excluding carboxylic acids is 1. The highest BCUT2D eigenvalue weighted by Gasteiger charge is 2.06. The van der Waals surface area contributed by atoms with Gasteiger partial charge in [0.1, 0.15) is 0 Å². The van der Waals surface area contributed by atoms with Gasteiger partial charge in [-0.15, -0.1) is 0 Å². The SMILES string of the molecule is CC(CCN)CCC(=O)NCc1ccc(CO)cc1. The molecule has 4 nitrogen and oxygen atoms in total. The molecule has 4 heteroatoms. The molecule has 0 bridgehead atoms. The zero-order valence-electron chi connectivity index (χ0n) is 11.6. The van der Waals surface area contributed by atoms with Gasteiger partial charge in [0.05, 0.1) is 6.61 Å². The van der Waals surface area contributed by atoms with E-state index in [1.807, 2.05) is 24.3 Å². The average molecular weight is 264 g/mol. The molecule has 1 amide bonds. The summed E-state index contributed by atoms with van der Waals surface area (Å²) in [6, 6.07) is 7.57. The molecule has 1 aromatic carbocycles. The first-order chi connectivity index (χ1) is 9.15. The first-order valence-electron chi connectivity index (χ1n) is 6.81. The van der Waals surface area contributed by atoms with Crippen molar-refractivity contribution < 1.29 is 9.90 Å². The number of rotatable bonds is 8. The third-order valence-electron chi connectivity index (χ3n) is 3.22. The Balaban J connectivity index is 2.25. The van der Waals surface area contributed by atoms with Crippen LogP contribution in [0.25, 0.3) is 0 Å². The van der Waals surface area contributed by atoms with Crippen molar-refractivity contribution in [3.8, 4) is 0 Å². The first kappa shape index (κ1) is 15.7. The number of hydrogen-bond donors (Lipinski definition) is 3. The van der Waals surface area contributed by atoms with Crippen molar-refractivity contribution >= 4 is 5.91 Å². The van der Waals surface area contributed by atoms with Crippen LogP contribution in [0.4, 0.5) is 0 Å². The molecule has 19 heavy (non-hydrogen) atoms. The average Bonchev–Trinajstić information content (AvgIpc) is 2.44. The Hall–Kier alpha value is -1.39. The number of carbonyl (C=O) groups is 1. The van der Waals surface area contributed by atoms with E-state index in [4.69, 9.17) is 10.8 Å². The van der Waals surface area contributed by atoms with Gasteiger partial charge in [0.15, 0.2) is 0 Å². The number of hydrogen-bond acceptors (Lipinski definition) is 3. The number of benzene rings is 1. The molecular weight excluding hydrogens is 240 g/mol. The van der Waals surface area contributed by atoms with Crippen molar-refractivity contribution in [3.63, 3.8) is 0 Å². The molecule has 0 saturated carbocycles. The van der Waals surface area contributed by atoms with Gasteiger partial charge in [-0.3, -0.25) is 4.79 Å². The molecule has 1 rings (SSSR count). The summed E-state index contributed by atoms with van der Waals surface area (Å²) in [4.78, 5) is 11.7. The predicted molar refractivity (Wildman–Crippen MR) is 76.3 cm³/mol. The van der Waals surface area contributed by atoms with Crippen LogP contribution in [0.5, 0.6) is 0 Å². The van der Waals surface area contributed by atoms with E-state index < -0.39 is 0 Å². The van der Waals surface area contributed by atoms with Gasteiger partial charge in [-0.2, -0.15) is 0 Å². The van der Waals surface area contributed by atoms with Crippen LogP contribution in [0.2, 0.25) is 0 Å². The maximum Gasteiger partial charge on any atom is 0.220 e. The summed E-state index contributed by atoms with van der Waals surface area (Å²) < 4.78 is 0. The van der Waals surface area contributed by atoms with Gasteiger partial charge in [-0.1, -0.05) is 31.2 Å². The van der Waals surface area contributed by atoms with Gasteiger partial charge < -0.3 is 16.2 Å². The van der Waals surface area contributed by atoms with Crippen molar-refractivity contribution in [2.45, 2.75) is 39.3 Å². The van der Waals surface area contributed by atoms with Crippen molar-refractivity contribution in [2.75, 3.05) is 6.54 Å². The fourth-order valence-corrected chi connectivity index (χ4v) is 1.86. The van der Waals surface area contributed by atoms with E-state index in [-0.39, 0.29) is 12.5 Å². The molecule has 0 spiro atoms. The smallest absolute Gasteiger partial charge is 0.220 e. The lowest BCUT2D eigenvalue weighted by molar-refractivity contribution is -0.121. The summed E-state index contributed by atoms with van der Waals surface area (Å²) in [5.41, 5.74) is 7.40. The van der Waals surface area contributed by atoms with Crippen LogP contribution in [-0.2, 0) is 17.9 Å². The highest BCUT2D eigenvalue weighted by molar-refractivity contribution is 5.75. The number of aliphatic hydroxyl groups is 1. The second kappa shape index (κ2) is 8.67. The fourth-order valence-electron chi connectivity index (χ4n) is 1.86. The first-order valence-corrected chi connectivity index (χ1v) is 6.81. The predicted octanol–water partition coefficient (Wildman–Crippen LogP) is 1.56. The van der Waals surface area contributed by atoms with Gasteiger partial charge in [0, 0.05) is 13.0 Å². The zero-order valence-corrected chi connectivity index (χ0v) is 11.6. The van der Waals surface area contributed by atoms with Crippen LogP contribution in [-0.4, -0.2) is 17.6 Å². The number of nitrogens with one attached hydrogen (secondary N) is 1. The van der Waals surface area contributed by atoms with Crippen LogP contribution >= 0.6 is 0 Å². The second-order valence-corrected chi connectivity index (χ2v) is 4.97. The molecule has 0 saturated heterocycles. The third kappa shape index (κ3) is 6.36. The Bertz CT molecular complexity index is 376. The number of amides is 1. The summed E-state index contributed by atoms with van der Waals surface area (Å²) in [5, 5.41) is 11.8. The van der Waals surface area contributed by atoms with Gasteiger partial charge in [-0.05, 0) is 36.4 Å². The van der Waals surface area contributed by atoms with Crippen LogP contribution < -0.4 is 11.1 Å². The van der Waals surface area contributed by atoms with Gasteiger partial charge in [-0.25, -0.2) is 0 Å². The minimum Gasteiger partial charge on any atom is -0.392 e. The van der Waals surface area contributed by atoms with Crippen molar-refractivity contribution in [1.82, 2.24) is 5.32 Å². The standard InChI is InChI=1S/C15H24N2O2/c1-12(8-9-16)2-7-15(19)17-10-13-3-5-14(11-18)6-4-13/h3-6,12,18H,2,7-11,16H2,1H3,(H,17,19). The molecule has 1 atom stereocenters. The Morgan fingerprint density at radius 1 is 1.26 bits per heavy atom. The Morgan fingerprint density at radius 3 is 2.47 bits per heavy atom. The molecule has 1 aromatic rings. The summed E-state index contributed by atoms with van der Waals surface area (Å²) >= 11 is 0. The molecule has 0 aliphatic heterocycles. The third-order valence-corrected chi connectivity index (χ3v) is 3.22. The van der Waals surface area contributed by atoms with Crippen LogP contribution in [0.1, 0.15) is 37.3 Å². The molecule has 0 radical (unpaired) electrons. The van der Waals surface area contributed by atoms with Crippen LogP contribution in [0.15, 0.2) is 24.3 Å². The van der Waals surface area contributed by atoms with E-state index in [0.717, 1.165) is 24.0 Å². The van der Waals surface area contributed by atoms with E-state index in [0.29, 0.717) is 25.4 Å². The summed E-state index contributed by atoms with van der Waals surface area (Å²) in [5.74, 6) is 0.578. The summed E-state index contributed by atoms with van der Waals surface area (Å²) in [7, 11) is 0. The lowest BCUT2D eigenvalue weighted by Gasteiger charge is -2.10. The molecule has 1 unspecified atom stereocenters. The molecule has 0 heterocycles. The lowest BCUT2D eigenvalue weighted by Crippen LogP contribution is -2.23. The largest absolute Gasteiger partial charge is 0.392 e. The van der Waals surface area contributed by atoms with Crippen molar-refractivity contribution in [2.24, 2.45) is 11.7 Å². The molecule has 0 aliphatic carbocycles. The van der Waals surface area contributed by atoms with E-state index in [1.165, 1.54) is 0 Å². The second-order valence-electron chi connectivity index (χ2n) is 4.97. The van der Waals surface area contributed by atoms with Gasteiger partial charge >= 0.3 is 0 Å². The van der Waals surface area contributed by atoms with E-state index in [1.54, 1.807) is 0 Å². The quantitative estimate of drug-likeness (QED) is 0.667. The molecule has 4 N–H and O–H groups in total. The normalized spacial score (nSPS) is 12.2. The van der Waals surface area contributed by atoms with Crippen molar-refractivity contribution in [1.29, 1.82) is 0 Å². The van der Waals surface area contributed by atoms with Crippen molar-refractivity contribution in [3.05, 3.63) is 35.4 Å². The molecule has 0 aliphatic rings. The Labute approximate surface area is 115 Å². The monoisotopic (exact) mass is 264 g/mol. The summed E-state index contributed by atoms with van der Waals surface area (Å²) in [6.45, 7) is 3.38. The Kier molecular flexibility index (Phi) is 7.15. The number of aliphatic hydroxyl groups excluding tert-OH is 1. The minimum absolute atomic E-state index is 0.0473. The summed E-state index contributed by atoms with van der Waals surface area (Å²) in [6.07, 6.45) is 2.40. The number of nitrogens with two attached hydrogens (primary N) is 1. The molecule has 0 fully saturated rings. The van der Waals surface area contributed by atoms with E-state index in [2.05, 4.69) is 12.2 Å². The maximum absolute atomic E-state index is 11.7. The van der Waals surface area contributed by atoms with Crippen LogP contribution in [0, 0.1) is 5.92 Å². The molecule has 0 aromatic heterocycles. The van der Waals surface area contributed by atoms with E-state index >= 15 is 0 Å². The van der Waals surface area contributed by atoms with Crippen LogP contribution in [0.3, 0.4) is 0 Å². The lowest BCUT2D eigenvalue weighted by atomic mass is 10.0. The minimum atomic E-state index is 0.0473. The van der Waals surface area contributed by atoms with Gasteiger partial charge in [0.2, 0.25) is 5.91 Å². The fraction of sp³-hybridized carbons (Fsp3) is 0.533. The Morgan fingerprint density at radius 2 is 1.89 bits per heavy atom. The maximum atomic E-state index is 11.7. The van der Waals surface area contributed by atoms with E-state index in [9.17, 15) is 4.79 Å². The molecular formula is C15H24N2O2.